The molecule has 2 fully saturated rings. The molecule has 5 nitrogen and oxygen atoms in total. The Kier molecular flexibility index (Phi) is 7.34. The number of nitrogens with one attached hydrogen (secondary N) is 1. The van der Waals surface area contributed by atoms with Crippen molar-refractivity contribution in [1.29, 1.82) is 0 Å². The summed E-state index contributed by atoms with van der Waals surface area (Å²) in [5.41, 5.74) is 0.757. The SMILES string of the molecule is COCCCOc1ccc(C(=O)N2C3CCNCC2CC3)cc1.Cl. The van der Waals surface area contributed by atoms with Crippen LogP contribution in [0.15, 0.2) is 24.3 Å². The van der Waals surface area contributed by atoms with E-state index in [2.05, 4.69) is 10.2 Å². The number of amides is 1. The summed E-state index contributed by atoms with van der Waals surface area (Å²) < 4.78 is 10.6. The average Bonchev–Trinajstić information content (AvgIpc) is 2.84. The van der Waals surface area contributed by atoms with Crippen LogP contribution in [0.5, 0.6) is 5.75 Å². The number of nitrogens with zero attached hydrogens (tertiary/aromatic N) is 1. The average molecular weight is 355 g/mol. The summed E-state index contributed by atoms with van der Waals surface area (Å²) in [6.07, 6.45) is 4.17. The lowest BCUT2D eigenvalue weighted by Gasteiger charge is -2.28. The second-order valence-electron chi connectivity index (χ2n) is 6.31. The molecule has 1 aromatic carbocycles. The largest absolute Gasteiger partial charge is 0.494 e. The van der Waals surface area contributed by atoms with Crippen molar-refractivity contribution < 1.29 is 14.3 Å². The number of methoxy groups -OCH3 is 1. The third-order valence-electron chi connectivity index (χ3n) is 4.75. The first-order chi connectivity index (χ1) is 11.3. The zero-order valence-electron chi connectivity index (χ0n) is 14.2. The number of fused-ring (bicyclic) bond motifs is 2. The molecule has 0 saturated carbocycles. The lowest BCUT2D eigenvalue weighted by Crippen LogP contribution is -2.42. The highest BCUT2D eigenvalue weighted by atomic mass is 35.5. The Morgan fingerprint density at radius 3 is 2.67 bits per heavy atom. The quantitative estimate of drug-likeness (QED) is 0.797. The van der Waals surface area contributed by atoms with Crippen molar-refractivity contribution in [3.8, 4) is 5.75 Å². The lowest BCUT2D eigenvalue weighted by atomic mass is 10.1. The first-order valence-electron chi connectivity index (χ1n) is 8.55. The van der Waals surface area contributed by atoms with Crippen molar-refractivity contribution in [1.82, 2.24) is 10.2 Å². The third kappa shape index (κ3) is 4.41. The predicted molar refractivity (Wildman–Crippen MR) is 96.1 cm³/mol. The van der Waals surface area contributed by atoms with Gasteiger partial charge in [0.05, 0.1) is 6.61 Å². The molecule has 1 aromatic rings. The molecular weight excluding hydrogens is 328 g/mol. The van der Waals surface area contributed by atoms with Gasteiger partial charge in [-0.25, -0.2) is 0 Å². The number of hydrogen-bond donors (Lipinski definition) is 1. The van der Waals surface area contributed by atoms with E-state index in [-0.39, 0.29) is 18.3 Å². The van der Waals surface area contributed by atoms with Gasteiger partial charge in [-0.3, -0.25) is 4.79 Å². The zero-order chi connectivity index (χ0) is 16.1. The number of ether oxygens (including phenoxy) is 2. The monoisotopic (exact) mass is 354 g/mol. The first kappa shape index (κ1) is 19.0. The molecule has 1 amide bonds. The Morgan fingerprint density at radius 2 is 1.92 bits per heavy atom. The fourth-order valence-electron chi connectivity index (χ4n) is 3.55. The fraction of sp³-hybridized carbons (Fsp3) is 0.611. The van der Waals surface area contributed by atoms with Gasteiger partial charge in [-0.1, -0.05) is 0 Å². The Labute approximate surface area is 150 Å². The molecule has 1 N–H and O–H groups in total. The molecule has 2 saturated heterocycles. The van der Waals surface area contributed by atoms with Gasteiger partial charge in [0.15, 0.2) is 0 Å². The van der Waals surface area contributed by atoms with Gasteiger partial charge in [0.2, 0.25) is 0 Å². The van der Waals surface area contributed by atoms with Crippen molar-refractivity contribution in [3.63, 3.8) is 0 Å². The molecule has 0 radical (unpaired) electrons. The Hall–Kier alpha value is -1.30. The minimum Gasteiger partial charge on any atom is -0.494 e. The van der Waals surface area contributed by atoms with Crippen molar-refractivity contribution >= 4 is 18.3 Å². The second-order valence-corrected chi connectivity index (χ2v) is 6.31. The van der Waals surface area contributed by atoms with E-state index in [0.29, 0.717) is 25.3 Å². The van der Waals surface area contributed by atoms with Crippen LogP contribution in [-0.4, -0.2) is 56.3 Å². The molecule has 2 unspecified atom stereocenters. The van der Waals surface area contributed by atoms with Gasteiger partial charge in [0, 0.05) is 44.3 Å². The Balaban J connectivity index is 0.00000208. The maximum atomic E-state index is 12.9. The van der Waals surface area contributed by atoms with Gasteiger partial charge in [0.25, 0.3) is 5.91 Å². The van der Waals surface area contributed by atoms with Gasteiger partial charge in [-0.2, -0.15) is 0 Å². The Bertz CT molecular complexity index is 510. The zero-order valence-corrected chi connectivity index (χ0v) is 15.0. The summed E-state index contributed by atoms with van der Waals surface area (Å²) in [5.74, 6) is 0.963. The maximum Gasteiger partial charge on any atom is 0.254 e. The number of carbonyl (C=O) groups excluding carboxylic acids is 1. The van der Waals surface area contributed by atoms with Crippen LogP contribution < -0.4 is 10.1 Å². The molecule has 0 spiro atoms. The minimum absolute atomic E-state index is 0. The van der Waals surface area contributed by atoms with Crippen molar-refractivity contribution in [2.45, 2.75) is 37.8 Å². The summed E-state index contributed by atoms with van der Waals surface area (Å²) in [6.45, 7) is 3.26. The van der Waals surface area contributed by atoms with Crippen LogP contribution in [0.25, 0.3) is 0 Å². The van der Waals surface area contributed by atoms with Gasteiger partial charge >= 0.3 is 0 Å². The number of rotatable bonds is 6. The molecule has 134 valence electrons. The standard InChI is InChI=1S/C18H26N2O3.ClH/c1-22-11-2-12-23-17-7-3-14(4-8-17)18(21)20-15-5-6-16(20)13-19-10-9-15;/h3-4,7-8,15-16,19H,2,5-6,9-13H2,1H3;1H. The summed E-state index contributed by atoms with van der Waals surface area (Å²) in [4.78, 5) is 15.0. The van der Waals surface area contributed by atoms with E-state index in [1.807, 2.05) is 24.3 Å². The summed E-state index contributed by atoms with van der Waals surface area (Å²) >= 11 is 0. The van der Waals surface area contributed by atoms with Crippen LogP contribution >= 0.6 is 12.4 Å². The third-order valence-corrected chi connectivity index (χ3v) is 4.75. The smallest absolute Gasteiger partial charge is 0.254 e. The van der Waals surface area contributed by atoms with Gasteiger partial charge in [-0.15, -0.1) is 12.4 Å². The molecule has 2 bridgehead atoms. The minimum atomic E-state index is 0. The van der Waals surface area contributed by atoms with Crippen molar-refractivity contribution in [3.05, 3.63) is 29.8 Å². The number of hydrogen-bond acceptors (Lipinski definition) is 4. The second kappa shape index (κ2) is 9.25. The highest BCUT2D eigenvalue weighted by Crippen LogP contribution is 2.29. The van der Waals surface area contributed by atoms with Crippen LogP contribution in [-0.2, 0) is 4.74 Å². The number of benzene rings is 1. The maximum absolute atomic E-state index is 12.9. The van der Waals surface area contributed by atoms with E-state index in [9.17, 15) is 4.79 Å². The summed E-state index contributed by atoms with van der Waals surface area (Å²) in [5, 5.41) is 3.43. The molecule has 2 heterocycles. The van der Waals surface area contributed by atoms with E-state index in [0.717, 1.165) is 50.1 Å². The number of halogens is 1. The van der Waals surface area contributed by atoms with Crippen LogP contribution in [0.4, 0.5) is 0 Å². The number of carbonyl (C=O) groups is 1. The normalized spacial score (nSPS) is 22.6. The van der Waals surface area contributed by atoms with E-state index in [1.165, 1.54) is 0 Å². The van der Waals surface area contributed by atoms with Crippen LogP contribution in [0.2, 0.25) is 0 Å². The van der Waals surface area contributed by atoms with Gasteiger partial charge < -0.3 is 19.7 Å². The van der Waals surface area contributed by atoms with E-state index in [4.69, 9.17) is 9.47 Å². The van der Waals surface area contributed by atoms with E-state index < -0.39 is 0 Å². The van der Waals surface area contributed by atoms with Gasteiger partial charge in [0.1, 0.15) is 5.75 Å². The molecule has 0 aromatic heterocycles. The molecule has 0 aliphatic carbocycles. The summed E-state index contributed by atoms with van der Waals surface area (Å²) in [6, 6.07) is 8.28. The Morgan fingerprint density at radius 1 is 1.17 bits per heavy atom. The molecule has 2 aliphatic rings. The van der Waals surface area contributed by atoms with Crippen LogP contribution in [0.3, 0.4) is 0 Å². The predicted octanol–water partition coefficient (Wildman–Crippen LogP) is 2.49. The summed E-state index contributed by atoms with van der Waals surface area (Å²) in [7, 11) is 1.69. The van der Waals surface area contributed by atoms with Crippen molar-refractivity contribution in [2.24, 2.45) is 0 Å². The molecular formula is C18H27ClN2O3. The van der Waals surface area contributed by atoms with Crippen molar-refractivity contribution in [2.75, 3.05) is 33.4 Å². The first-order valence-corrected chi connectivity index (χ1v) is 8.55. The molecule has 6 heteroatoms. The van der Waals surface area contributed by atoms with Crippen LogP contribution in [0, 0.1) is 0 Å². The van der Waals surface area contributed by atoms with Crippen LogP contribution in [0.1, 0.15) is 36.0 Å². The fourth-order valence-corrected chi connectivity index (χ4v) is 3.55. The lowest BCUT2D eigenvalue weighted by molar-refractivity contribution is 0.0680. The van der Waals surface area contributed by atoms with Gasteiger partial charge in [-0.05, 0) is 50.1 Å². The molecule has 3 rings (SSSR count). The van der Waals surface area contributed by atoms with E-state index >= 15 is 0 Å². The highest BCUT2D eigenvalue weighted by molar-refractivity contribution is 5.95. The topological polar surface area (TPSA) is 50.8 Å². The van der Waals surface area contributed by atoms with E-state index in [1.54, 1.807) is 7.11 Å². The molecule has 24 heavy (non-hydrogen) atoms. The highest BCUT2D eigenvalue weighted by Gasteiger charge is 2.38. The molecule has 2 aliphatic heterocycles. The molecule has 2 atom stereocenters.